The molecule has 1 saturated heterocycles. The average Bonchev–Trinajstić information content (AvgIpc) is 3.43. The van der Waals surface area contributed by atoms with Crippen molar-refractivity contribution in [2.75, 3.05) is 13.1 Å². The smallest absolute Gasteiger partial charge is 0.226 e. The van der Waals surface area contributed by atoms with Crippen molar-refractivity contribution in [2.45, 2.75) is 65.2 Å². The normalized spacial score (nSPS) is 25.2. The molecule has 0 aromatic carbocycles. The first-order chi connectivity index (χ1) is 13.0. The number of piperidine rings is 1. The summed E-state index contributed by atoms with van der Waals surface area (Å²) in [6.45, 7) is 5.17. The number of allylic oxidation sites excluding steroid dienone is 1. The first kappa shape index (κ1) is 18.3. The number of aryl methyl sites for hydroxylation is 2. The van der Waals surface area contributed by atoms with E-state index in [1.165, 1.54) is 18.5 Å². The maximum absolute atomic E-state index is 12.6. The van der Waals surface area contributed by atoms with E-state index < -0.39 is 0 Å². The summed E-state index contributed by atoms with van der Waals surface area (Å²) in [6.07, 6.45) is 9.63. The Labute approximate surface area is 160 Å². The average molecular weight is 371 g/mol. The predicted octanol–water partition coefficient (Wildman–Crippen LogP) is 3.04. The van der Waals surface area contributed by atoms with Gasteiger partial charge in [-0.15, -0.1) is 0 Å². The van der Waals surface area contributed by atoms with Gasteiger partial charge in [-0.2, -0.15) is 0 Å². The second kappa shape index (κ2) is 7.13. The summed E-state index contributed by atoms with van der Waals surface area (Å²) in [5.41, 5.74) is 2.74. The predicted molar refractivity (Wildman–Crippen MR) is 101 cm³/mol. The van der Waals surface area contributed by atoms with Crippen molar-refractivity contribution in [2.24, 2.45) is 11.3 Å². The number of amides is 2. The fourth-order valence-electron chi connectivity index (χ4n) is 4.56. The van der Waals surface area contributed by atoms with Crippen molar-refractivity contribution < 1.29 is 14.1 Å². The molecule has 3 aliphatic rings. The zero-order valence-electron chi connectivity index (χ0n) is 16.3. The summed E-state index contributed by atoms with van der Waals surface area (Å²) in [6, 6.07) is 0. The molecule has 2 aliphatic carbocycles. The molecule has 1 atom stereocenters. The Balaban J connectivity index is 1.46. The zero-order valence-corrected chi connectivity index (χ0v) is 16.3. The van der Waals surface area contributed by atoms with Crippen molar-refractivity contribution in [1.29, 1.82) is 0 Å². The number of nitrogens with zero attached hydrogens (tertiary/aromatic N) is 2. The standard InChI is InChI=1S/C21H29N3O3/c1-14-17(15(2)27-23-14)11-19(25)22-13-21-9-4-3-5-18(21)24(12-16-6-7-16)20(26)8-10-21/h5,16H,3-4,6-13H2,1-2H3,(H,22,25). The fraction of sp³-hybridized carbons (Fsp3) is 0.667. The summed E-state index contributed by atoms with van der Waals surface area (Å²) in [4.78, 5) is 27.2. The maximum atomic E-state index is 12.6. The van der Waals surface area contributed by atoms with Gasteiger partial charge in [0, 0.05) is 36.2 Å². The summed E-state index contributed by atoms with van der Waals surface area (Å²) in [5, 5.41) is 7.08. The minimum absolute atomic E-state index is 0.00524. The molecular formula is C21H29N3O3. The van der Waals surface area contributed by atoms with Gasteiger partial charge in [-0.05, 0) is 58.3 Å². The lowest BCUT2D eigenvalue weighted by atomic mass is 9.69. The molecule has 0 bridgehead atoms. The van der Waals surface area contributed by atoms with Crippen LogP contribution in [0.5, 0.6) is 0 Å². The lowest BCUT2D eigenvalue weighted by Gasteiger charge is -2.47. The number of fused-ring (bicyclic) bond motifs is 1. The van der Waals surface area contributed by atoms with Gasteiger partial charge in [0.05, 0.1) is 12.1 Å². The molecule has 1 unspecified atom stereocenters. The van der Waals surface area contributed by atoms with Crippen molar-refractivity contribution in [3.05, 3.63) is 28.8 Å². The van der Waals surface area contributed by atoms with E-state index in [1.54, 1.807) is 0 Å². The fourth-order valence-corrected chi connectivity index (χ4v) is 4.56. The third-order valence-corrected chi connectivity index (χ3v) is 6.43. The number of hydrogen-bond donors (Lipinski definition) is 1. The molecule has 0 radical (unpaired) electrons. The molecule has 1 saturated carbocycles. The second-order valence-corrected chi connectivity index (χ2v) is 8.47. The number of likely N-dealkylation sites (tertiary alicyclic amines) is 1. The Bertz CT molecular complexity index is 758. The Morgan fingerprint density at radius 2 is 2.19 bits per heavy atom. The van der Waals surface area contributed by atoms with Crippen LogP contribution >= 0.6 is 0 Å². The quantitative estimate of drug-likeness (QED) is 0.834. The van der Waals surface area contributed by atoms with Gasteiger partial charge < -0.3 is 14.7 Å². The molecule has 146 valence electrons. The highest BCUT2D eigenvalue weighted by atomic mass is 16.5. The number of nitrogens with one attached hydrogen (secondary N) is 1. The van der Waals surface area contributed by atoms with Gasteiger partial charge in [-0.25, -0.2) is 0 Å². The molecule has 27 heavy (non-hydrogen) atoms. The molecule has 4 rings (SSSR count). The molecule has 2 amide bonds. The van der Waals surface area contributed by atoms with Crippen LogP contribution in [0.3, 0.4) is 0 Å². The van der Waals surface area contributed by atoms with Gasteiger partial charge in [-0.3, -0.25) is 9.59 Å². The number of carbonyl (C=O) groups excluding carboxylic acids is 2. The molecule has 1 aromatic heterocycles. The molecular weight excluding hydrogens is 342 g/mol. The highest BCUT2D eigenvalue weighted by Gasteiger charge is 2.45. The van der Waals surface area contributed by atoms with E-state index in [-0.39, 0.29) is 17.2 Å². The van der Waals surface area contributed by atoms with Crippen LogP contribution in [-0.2, 0) is 16.0 Å². The van der Waals surface area contributed by atoms with Crippen molar-refractivity contribution in [3.63, 3.8) is 0 Å². The van der Waals surface area contributed by atoms with Crippen molar-refractivity contribution in [1.82, 2.24) is 15.4 Å². The first-order valence-corrected chi connectivity index (χ1v) is 10.2. The maximum Gasteiger partial charge on any atom is 0.226 e. The van der Waals surface area contributed by atoms with Crippen LogP contribution in [0.1, 0.15) is 62.0 Å². The lowest BCUT2D eigenvalue weighted by molar-refractivity contribution is -0.134. The number of carbonyl (C=O) groups is 2. The number of rotatable bonds is 6. The molecule has 2 heterocycles. The molecule has 2 fully saturated rings. The van der Waals surface area contributed by atoms with Crippen LogP contribution in [0, 0.1) is 25.2 Å². The van der Waals surface area contributed by atoms with E-state index in [0.29, 0.717) is 31.1 Å². The van der Waals surface area contributed by atoms with Crippen molar-refractivity contribution in [3.8, 4) is 0 Å². The Kier molecular flexibility index (Phi) is 4.82. The van der Waals surface area contributed by atoms with Crippen LogP contribution in [0.15, 0.2) is 16.3 Å². The van der Waals surface area contributed by atoms with Crippen LogP contribution in [0.2, 0.25) is 0 Å². The third kappa shape index (κ3) is 3.66. The van der Waals surface area contributed by atoms with E-state index in [9.17, 15) is 9.59 Å². The molecule has 1 aromatic rings. The summed E-state index contributed by atoms with van der Waals surface area (Å²) >= 11 is 0. The highest BCUT2D eigenvalue weighted by molar-refractivity contribution is 5.81. The summed E-state index contributed by atoms with van der Waals surface area (Å²) in [7, 11) is 0. The Hall–Kier alpha value is -2.11. The topological polar surface area (TPSA) is 75.4 Å². The summed E-state index contributed by atoms with van der Waals surface area (Å²) < 4.78 is 5.16. The van der Waals surface area contributed by atoms with Gasteiger partial charge >= 0.3 is 0 Å². The third-order valence-electron chi connectivity index (χ3n) is 6.43. The van der Waals surface area contributed by atoms with E-state index in [0.717, 1.165) is 43.5 Å². The van der Waals surface area contributed by atoms with E-state index in [4.69, 9.17) is 4.52 Å². The van der Waals surface area contributed by atoms with Crippen LogP contribution < -0.4 is 5.32 Å². The van der Waals surface area contributed by atoms with Gasteiger partial charge in [0.25, 0.3) is 0 Å². The van der Waals surface area contributed by atoms with E-state index in [2.05, 4.69) is 16.5 Å². The zero-order chi connectivity index (χ0) is 19.0. The monoisotopic (exact) mass is 371 g/mol. The minimum atomic E-state index is -0.0879. The van der Waals surface area contributed by atoms with E-state index in [1.807, 2.05) is 18.7 Å². The van der Waals surface area contributed by atoms with Gasteiger partial charge in [0.1, 0.15) is 5.76 Å². The number of hydrogen-bond acceptors (Lipinski definition) is 4. The SMILES string of the molecule is Cc1noc(C)c1CC(=O)NCC12CCCC=C1N(CC1CC1)C(=O)CC2. The van der Waals surface area contributed by atoms with Crippen LogP contribution in [0.25, 0.3) is 0 Å². The van der Waals surface area contributed by atoms with Gasteiger partial charge in [-0.1, -0.05) is 11.2 Å². The molecule has 0 spiro atoms. The van der Waals surface area contributed by atoms with Gasteiger partial charge in [0.2, 0.25) is 11.8 Å². The minimum Gasteiger partial charge on any atom is -0.361 e. The first-order valence-electron chi connectivity index (χ1n) is 10.2. The van der Waals surface area contributed by atoms with Crippen LogP contribution in [-0.4, -0.2) is 35.0 Å². The lowest BCUT2D eigenvalue weighted by Crippen LogP contribution is -2.51. The van der Waals surface area contributed by atoms with Crippen molar-refractivity contribution >= 4 is 11.8 Å². The highest BCUT2D eigenvalue weighted by Crippen LogP contribution is 2.47. The largest absolute Gasteiger partial charge is 0.361 e. The Morgan fingerprint density at radius 1 is 1.37 bits per heavy atom. The molecule has 1 N–H and O–H groups in total. The Morgan fingerprint density at radius 3 is 2.89 bits per heavy atom. The van der Waals surface area contributed by atoms with Crippen LogP contribution in [0.4, 0.5) is 0 Å². The van der Waals surface area contributed by atoms with E-state index >= 15 is 0 Å². The molecule has 6 nitrogen and oxygen atoms in total. The summed E-state index contributed by atoms with van der Waals surface area (Å²) in [5.74, 6) is 1.63. The molecule has 6 heteroatoms. The second-order valence-electron chi connectivity index (χ2n) is 8.47. The number of aromatic nitrogens is 1. The van der Waals surface area contributed by atoms with Gasteiger partial charge in [0.15, 0.2) is 0 Å². The molecule has 1 aliphatic heterocycles.